The minimum Gasteiger partial charge on any atom is -0.503 e. The summed E-state index contributed by atoms with van der Waals surface area (Å²) < 4.78 is 6.18. The number of halogens is 1. The number of ether oxygens (including phenoxy) is 1. The van der Waals surface area contributed by atoms with Gasteiger partial charge in [-0.1, -0.05) is 0 Å². The fraction of sp³-hybridized carbons (Fsp3) is 0.100. The molecule has 4 N–H and O–H groups in total. The summed E-state index contributed by atoms with van der Waals surface area (Å²) in [5.74, 6) is 4.97. The number of nitrogens with two attached hydrogens (primary N) is 1. The Morgan fingerprint density at radius 3 is 2.95 bits per heavy atom. The Kier molecular flexibility index (Phi) is 4.41. The molecule has 2 rings (SSSR count). The quantitative estimate of drug-likeness (QED) is 0.302. The van der Waals surface area contributed by atoms with E-state index >= 15 is 0 Å². The third-order valence-corrected chi connectivity index (χ3v) is 3.14. The molecule has 12 heteroatoms. The average Bonchev–Trinajstić information content (AvgIpc) is 2.87. The number of phenols is 1. The molecule has 0 radical (unpaired) electrons. The van der Waals surface area contributed by atoms with Crippen LogP contribution in [-0.4, -0.2) is 38.2 Å². The molecule has 0 spiro atoms. The van der Waals surface area contributed by atoms with Gasteiger partial charge < -0.3 is 15.7 Å². The van der Waals surface area contributed by atoms with Crippen LogP contribution in [0.25, 0.3) is 0 Å². The maximum atomic E-state index is 11.2. The number of nitrogens with one attached hydrogen (secondary N) is 1. The number of nitro benzene ring substituents is 1. The maximum absolute atomic E-state index is 11.2. The van der Waals surface area contributed by atoms with Gasteiger partial charge in [0.25, 0.3) is 5.95 Å². The Hall–Kier alpha value is -2.89. The summed E-state index contributed by atoms with van der Waals surface area (Å²) in [4.78, 5) is 10.5. The van der Waals surface area contributed by atoms with Gasteiger partial charge in [0, 0.05) is 0 Å². The zero-order valence-corrected chi connectivity index (χ0v) is 12.7. The fourth-order valence-electron chi connectivity index (χ4n) is 1.59. The van der Waals surface area contributed by atoms with E-state index in [0.717, 1.165) is 4.68 Å². The van der Waals surface area contributed by atoms with Crippen molar-refractivity contribution in [3.8, 4) is 11.5 Å². The zero-order valence-electron chi connectivity index (χ0n) is 11.1. The van der Waals surface area contributed by atoms with Crippen molar-refractivity contribution in [2.45, 2.75) is 0 Å². The van der Waals surface area contributed by atoms with Crippen molar-refractivity contribution in [1.82, 2.24) is 14.9 Å². The summed E-state index contributed by atoms with van der Waals surface area (Å²) in [5, 5.41) is 31.9. The van der Waals surface area contributed by atoms with Gasteiger partial charge in [-0.3, -0.25) is 10.1 Å². The maximum Gasteiger partial charge on any atom is 0.323 e. The van der Waals surface area contributed by atoms with E-state index in [1.165, 1.54) is 25.7 Å². The highest BCUT2D eigenvalue weighted by Gasteiger charge is 2.26. The van der Waals surface area contributed by atoms with Gasteiger partial charge in [-0.15, -0.1) is 10.2 Å². The van der Waals surface area contributed by atoms with Gasteiger partial charge in [0.2, 0.25) is 5.75 Å². The SMILES string of the molecule is COc1c(O)c(Br)cc(/C=N\Nc2nncn2N)c1[N+](=O)[O-]. The van der Waals surface area contributed by atoms with Gasteiger partial charge in [-0.05, 0) is 22.0 Å². The lowest BCUT2D eigenvalue weighted by molar-refractivity contribution is -0.386. The van der Waals surface area contributed by atoms with Crippen LogP contribution in [0.5, 0.6) is 11.5 Å². The summed E-state index contributed by atoms with van der Waals surface area (Å²) in [7, 11) is 1.21. The summed E-state index contributed by atoms with van der Waals surface area (Å²) >= 11 is 3.08. The molecule has 0 saturated heterocycles. The predicted molar refractivity (Wildman–Crippen MR) is 80.4 cm³/mol. The number of anilines is 1. The van der Waals surface area contributed by atoms with Crippen LogP contribution in [0.4, 0.5) is 11.6 Å². The normalized spacial score (nSPS) is 10.8. The summed E-state index contributed by atoms with van der Waals surface area (Å²) in [6.45, 7) is 0. The number of nitrogen functional groups attached to an aromatic ring is 1. The molecule has 1 aromatic carbocycles. The number of nitrogens with zero attached hydrogens (tertiary/aromatic N) is 5. The lowest BCUT2D eigenvalue weighted by Gasteiger charge is -2.08. The molecule has 0 saturated carbocycles. The van der Waals surface area contributed by atoms with E-state index in [1.807, 2.05) is 0 Å². The first-order valence-electron chi connectivity index (χ1n) is 5.63. The smallest absolute Gasteiger partial charge is 0.323 e. The minimum absolute atomic E-state index is 0.0992. The van der Waals surface area contributed by atoms with E-state index in [2.05, 4.69) is 36.7 Å². The van der Waals surface area contributed by atoms with Gasteiger partial charge >= 0.3 is 5.69 Å². The molecule has 0 amide bonds. The van der Waals surface area contributed by atoms with Crippen LogP contribution in [-0.2, 0) is 0 Å². The van der Waals surface area contributed by atoms with Gasteiger partial charge in [-0.2, -0.15) is 5.10 Å². The van der Waals surface area contributed by atoms with Crippen molar-refractivity contribution in [2.75, 3.05) is 18.4 Å². The Balaban J connectivity index is 2.40. The molecule has 1 aromatic heterocycles. The number of aromatic nitrogens is 3. The van der Waals surface area contributed by atoms with Gasteiger partial charge in [0.05, 0.1) is 28.3 Å². The lowest BCUT2D eigenvalue weighted by Crippen LogP contribution is -2.10. The largest absolute Gasteiger partial charge is 0.503 e. The number of hydrogen-bond acceptors (Lipinski definition) is 9. The van der Waals surface area contributed by atoms with Crippen molar-refractivity contribution in [3.05, 3.63) is 32.5 Å². The fourth-order valence-corrected chi connectivity index (χ4v) is 2.01. The van der Waals surface area contributed by atoms with E-state index in [9.17, 15) is 15.2 Å². The standard InChI is InChI=1S/C10H10BrN7O4/c1-22-9-7(18(20)21)5(2-6(11)8(9)19)3-13-15-10-16-14-4-17(10)12/h2-4,19H,12H2,1H3,(H,15,16)/b13-3-. The first-order chi connectivity index (χ1) is 10.5. The van der Waals surface area contributed by atoms with Crippen molar-refractivity contribution in [1.29, 1.82) is 0 Å². The number of rotatable bonds is 5. The van der Waals surface area contributed by atoms with E-state index in [4.69, 9.17) is 10.6 Å². The Morgan fingerprint density at radius 2 is 2.41 bits per heavy atom. The molecule has 0 aliphatic rings. The first kappa shape index (κ1) is 15.5. The Morgan fingerprint density at radius 1 is 1.68 bits per heavy atom. The lowest BCUT2D eigenvalue weighted by atomic mass is 10.1. The van der Waals surface area contributed by atoms with Gasteiger partial charge in [0.15, 0.2) is 5.75 Å². The molecule has 2 aromatic rings. The molecular weight excluding hydrogens is 362 g/mol. The first-order valence-corrected chi connectivity index (χ1v) is 6.43. The van der Waals surface area contributed by atoms with Crippen molar-refractivity contribution in [3.63, 3.8) is 0 Å². The van der Waals surface area contributed by atoms with Gasteiger partial charge in [-0.25, -0.2) is 10.1 Å². The van der Waals surface area contributed by atoms with Crippen LogP contribution in [0.3, 0.4) is 0 Å². The number of nitro groups is 1. The summed E-state index contributed by atoms with van der Waals surface area (Å²) in [6, 6.07) is 1.33. The molecule has 0 aliphatic carbocycles. The molecule has 116 valence electrons. The topological polar surface area (TPSA) is 154 Å². The molecular formula is C10H10BrN7O4. The number of hydrazone groups is 1. The Bertz CT molecular complexity index is 745. The number of hydrogen-bond donors (Lipinski definition) is 3. The molecule has 0 unspecified atom stereocenters. The minimum atomic E-state index is -0.683. The predicted octanol–water partition coefficient (Wildman–Crippen LogP) is 0.823. The van der Waals surface area contributed by atoms with E-state index in [-0.39, 0.29) is 27.5 Å². The second-order valence-corrected chi connectivity index (χ2v) is 4.72. The third kappa shape index (κ3) is 2.90. The van der Waals surface area contributed by atoms with Crippen LogP contribution in [0.1, 0.15) is 5.56 Å². The molecule has 0 aliphatic heterocycles. The average molecular weight is 372 g/mol. The molecule has 11 nitrogen and oxygen atoms in total. The summed E-state index contributed by atoms with van der Waals surface area (Å²) in [5.41, 5.74) is 2.14. The van der Waals surface area contributed by atoms with Crippen molar-refractivity contribution < 1.29 is 14.8 Å². The monoisotopic (exact) mass is 371 g/mol. The highest BCUT2D eigenvalue weighted by atomic mass is 79.9. The van der Waals surface area contributed by atoms with Gasteiger partial charge in [0.1, 0.15) is 6.33 Å². The number of benzene rings is 1. The van der Waals surface area contributed by atoms with Crippen LogP contribution in [0, 0.1) is 10.1 Å². The number of methoxy groups -OCH3 is 1. The van der Waals surface area contributed by atoms with Crippen LogP contribution in [0.15, 0.2) is 22.0 Å². The second-order valence-electron chi connectivity index (χ2n) is 3.87. The zero-order chi connectivity index (χ0) is 16.3. The van der Waals surface area contributed by atoms with E-state index in [0.29, 0.717) is 0 Å². The van der Waals surface area contributed by atoms with E-state index < -0.39 is 10.6 Å². The third-order valence-electron chi connectivity index (χ3n) is 2.54. The van der Waals surface area contributed by atoms with Crippen LogP contribution in [0.2, 0.25) is 0 Å². The molecule has 1 heterocycles. The molecule has 0 fully saturated rings. The van der Waals surface area contributed by atoms with Crippen molar-refractivity contribution in [2.24, 2.45) is 5.10 Å². The van der Waals surface area contributed by atoms with E-state index in [1.54, 1.807) is 0 Å². The molecule has 0 bridgehead atoms. The van der Waals surface area contributed by atoms with Crippen LogP contribution >= 0.6 is 15.9 Å². The Labute approximate surface area is 131 Å². The number of aromatic hydroxyl groups is 1. The molecule has 22 heavy (non-hydrogen) atoms. The highest BCUT2D eigenvalue weighted by Crippen LogP contribution is 2.43. The van der Waals surface area contributed by atoms with Crippen molar-refractivity contribution >= 4 is 33.8 Å². The van der Waals surface area contributed by atoms with Crippen LogP contribution < -0.4 is 16.0 Å². The molecule has 0 atom stereocenters. The highest BCUT2D eigenvalue weighted by molar-refractivity contribution is 9.10. The number of phenolic OH excluding ortho intramolecular Hbond substituents is 1. The summed E-state index contributed by atoms with van der Waals surface area (Å²) in [6.07, 6.45) is 2.42. The second kappa shape index (κ2) is 6.26.